The molecule has 28 heavy (non-hydrogen) atoms. The fraction of sp³-hybridized carbons (Fsp3) is 0.588. The molecule has 1 aromatic carbocycles. The highest BCUT2D eigenvalue weighted by Crippen LogP contribution is 2.37. The van der Waals surface area contributed by atoms with E-state index in [2.05, 4.69) is 4.74 Å². The third-order valence-corrected chi connectivity index (χ3v) is 4.18. The highest BCUT2D eigenvalue weighted by molar-refractivity contribution is 6.18. The number of hydrogen-bond donors (Lipinski definition) is 1. The lowest BCUT2D eigenvalue weighted by atomic mass is 10.1. The smallest absolute Gasteiger partial charge is 0.453 e. The zero-order valence-electron chi connectivity index (χ0n) is 14.8. The van der Waals surface area contributed by atoms with Crippen molar-refractivity contribution in [3.63, 3.8) is 0 Å². The highest BCUT2D eigenvalue weighted by Gasteiger charge is 2.57. The normalized spacial score (nSPS) is 13.3. The summed E-state index contributed by atoms with van der Waals surface area (Å²) in [6.45, 7) is 0.119. The molecule has 0 aliphatic carbocycles. The highest BCUT2D eigenvalue weighted by atomic mass is 35.5. The number of carbonyl (C=O) groups is 1. The van der Waals surface area contributed by atoms with Crippen LogP contribution >= 0.6 is 23.2 Å². The maximum atomic E-state index is 12.8. The average molecular weight is 451 g/mol. The number of hydrogen-bond acceptors (Lipinski definition) is 4. The molecule has 4 nitrogen and oxygen atoms in total. The molecule has 0 bridgehead atoms. The van der Waals surface area contributed by atoms with Gasteiger partial charge in [0.15, 0.2) is 0 Å². The first-order valence-corrected chi connectivity index (χ1v) is 9.41. The van der Waals surface area contributed by atoms with Gasteiger partial charge in [0.25, 0.3) is 0 Å². The molecule has 1 atom stereocenters. The average Bonchev–Trinajstić information content (AvgIpc) is 2.61. The van der Waals surface area contributed by atoms with Gasteiger partial charge in [-0.3, -0.25) is 4.79 Å². The van der Waals surface area contributed by atoms with Gasteiger partial charge in [-0.15, -0.1) is 23.2 Å². The lowest BCUT2D eigenvalue weighted by molar-refractivity contribution is -0.286. The maximum Gasteiger partial charge on any atom is 0.453 e. The van der Waals surface area contributed by atoms with Gasteiger partial charge in [0, 0.05) is 30.5 Å². The predicted octanol–water partition coefficient (Wildman–Crippen LogP) is 3.97. The van der Waals surface area contributed by atoms with Crippen LogP contribution in [0.25, 0.3) is 0 Å². The van der Waals surface area contributed by atoms with Gasteiger partial charge in [0.2, 0.25) is 0 Å². The molecule has 0 radical (unpaired) electrons. The van der Waals surface area contributed by atoms with E-state index in [9.17, 15) is 26.7 Å². The molecule has 0 saturated carbocycles. The second-order valence-electron chi connectivity index (χ2n) is 5.96. The molecule has 0 aromatic heterocycles. The monoisotopic (exact) mass is 450 g/mol. The number of anilines is 1. The first-order chi connectivity index (χ1) is 13.0. The summed E-state index contributed by atoms with van der Waals surface area (Å²) in [6, 6.07) is 5.82. The number of nitrogens with zero attached hydrogens (tertiary/aromatic N) is 1. The summed E-state index contributed by atoms with van der Waals surface area (Å²) in [5.41, 5.74) is 7.19. The Balaban J connectivity index is 2.55. The number of benzene rings is 1. The van der Waals surface area contributed by atoms with Crippen LogP contribution in [-0.2, 0) is 16.0 Å². The van der Waals surface area contributed by atoms with Gasteiger partial charge >= 0.3 is 18.1 Å². The second kappa shape index (κ2) is 11.0. The Morgan fingerprint density at radius 2 is 1.61 bits per heavy atom. The number of ether oxygens (including phenoxy) is 1. The van der Waals surface area contributed by atoms with E-state index in [1.165, 1.54) is 0 Å². The zero-order chi connectivity index (χ0) is 21.4. The van der Waals surface area contributed by atoms with Crippen LogP contribution in [0.5, 0.6) is 0 Å². The van der Waals surface area contributed by atoms with Crippen LogP contribution in [0.15, 0.2) is 24.3 Å². The van der Waals surface area contributed by atoms with Crippen LogP contribution in [0, 0.1) is 0 Å². The Morgan fingerprint density at radius 3 is 2.07 bits per heavy atom. The van der Waals surface area contributed by atoms with Crippen molar-refractivity contribution < 1.29 is 31.5 Å². The molecule has 2 N–H and O–H groups in total. The molecule has 0 aliphatic rings. The predicted molar refractivity (Wildman–Crippen MR) is 98.4 cm³/mol. The minimum atomic E-state index is -5.69. The Bertz CT molecular complexity index is 609. The third-order valence-electron chi connectivity index (χ3n) is 3.84. The number of halogens is 7. The van der Waals surface area contributed by atoms with Crippen molar-refractivity contribution in [3.05, 3.63) is 29.8 Å². The first-order valence-electron chi connectivity index (χ1n) is 8.34. The molecule has 1 rings (SSSR count). The van der Waals surface area contributed by atoms with Crippen molar-refractivity contribution in [2.45, 2.75) is 31.0 Å². The Morgan fingerprint density at radius 1 is 1.07 bits per heavy atom. The minimum Gasteiger partial charge on any atom is -0.464 e. The van der Waals surface area contributed by atoms with Crippen LogP contribution in [0.4, 0.5) is 27.6 Å². The molecule has 0 fully saturated rings. The minimum absolute atomic E-state index is 0.0415. The van der Waals surface area contributed by atoms with Gasteiger partial charge in [-0.2, -0.15) is 22.0 Å². The largest absolute Gasteiger partial charge is 0.464 e. The fourth-order valence-electron chi connectivity index (χ4n) is 2.28. The summed E-state index contributed by atoms with van der Waals surface area (Å²) >= 11 is 11.5. The Labute approximate surface area is 169 Å². The summed E-state index contributed by atoms with van der Waals surface area (Å²) in [4.78, 5) is 13.7. The first kappa shape index (κ1) is 24.7. The zero-order valence-corrected chi connectivity index (χ0v) is 16.3. The molecule has 0 saturated heterocycles. The van der Waals surface area contributed by atoms with Crippen molar-refractivity contribution >= 4 is 34.9 Å². The van der Waals surface area contributed by atoms with E-state index in [0.29, 0.717) is 30.4 Å². The lowest BCUT2D eigenvalue weighted by Gasteiger charge is -2.23. The van der Waals surface area contributed by atoms with Crippen LogP contribution in [-0.4, -0.2) is 55.6 Å². The Kier molecular flexibility index (Phi) is 9.73. The second-order valence-corrected chi connectivity index (χ2v) is 6.72. The molecule has 0 spiro atoms. The molecular formula is C17H21Cl2F5N2O2. The van der Waals surface area contributed by atoms with Crippen molar-refractivity contribution in [2.75, 3.05) is 36.4 Å². The molecule has 160 valence electrons. The number of esters is 1. The summed E-state index contributed by atoms with van der Waals surface area (Å²) in [6.07, 6.45) is -7.30. The van der Waals surface area contributed by atoms with Gasteiger partial charge in [-0.25, -0.2) is 0 Å². The summed E-state index contributed by atoms with van der Waals surface area (Å²) in [7, 11) is 0. The molecule has 0 amide bonds. The number of rotatable bonds is 11. The van der Waals surface area contributed by atoms with Crippen molar-refractivity contribution in [1.29, 1.82) is 0 Å². The topological polar surface area (TPSA) is 55.6 Å². The van der Waals surface area contributed by atoms with Gasteiger partial charge in [-0.05, 0) is 24.1 Å². The molecule has 0 unspecified atom stereocenters. The van der Waals surface area contributed by atoms with Gasteiger partial charge in [-0.1, -0.05) is 12.1 Å². The molecule has 0 aliphatic heterocycles. The van der Waals surface area contributed by atoms with E-state index in [4.69, 9.17) is 28.9 Å². The van der Waals surface area contributed by atoms with Gasteiger partial charge in [0.05, 0.1) is 13.0 Å². The van der Waals surface area contributed by atoms with Gasteiger partial charge < -0.3 is 15.4 Å². The van der Waals surface area contributed by atoms with Crippen molar-refractivity contribution in [3.8, 4) is 0 Å². The van der Waals surface area contributed by atoms with Gasteiger partial charge in [0.1, 0.15) is 6.04 Å². The van der Waals surface area contributed by atoms with E-state index < -0.39 is 37.1 Å². The third kappa shape index (κ3) is 7.60. The van der Waals surface area contributed by atoms with Crippen molar-refractivity contribution in [2.24, 2.45) is 5.73 Å². The number of nitrogens with two attached hydrogens (primary N) is 1. The lowest BCUT2D eigenvalue weighted by Crippen LogP contribution is -2.39. The maximum absolute atomic E-state index is 12.8. The van der Waals surface area contributed by atoms with E-state index in [1.807, 2.05) is 4.90 Å². The van der Waals surface area contributed by atoms with E-state index >= 15 is 0 Å². The standard InChI is InChI=1S/C17H21Cl2F5N2O2/c18-6-8-26(9-7-19)13-3-1-12(2-4-13)11-14(25)15(27)28-10-5-16(20,21)17(22,23)24/h1-4,14H,5-11,25H2/t14-/m0/s1. The molecule has 1 aromatic rings. The van der Waals surface area contributed by atoms with Crippen molar-refractivity contribution in [1.82, 2.24) is 0 Å². The molecular weight excluding hydrogens is 430 g/mol. The molecule has 0 heterocycles. The summed E-state index contributed by atoms with van der Waals surface area (Å²) in [5.74, 6) is -5.13. The van der Waals surface area contributed by atoms with Crippen LogP contribution in [0.3, 0.4) is 0 Å². The van der Waals surface area contributed by atoms with Crippen LogP contribution in [0.1, 0.15) is 12.0 Å². The summed E-state index contributed by atoms with van der Waals surface area (Å²) in [5, 5.41) is 0. The summed E-state index contributed by atoms with van der Waals surface area (Å²) < 4.78 is 66.2. The number of carbonyl (C=O) groups excluding carboxylic acids is 1. The van der Waals surface area contributed by atoms with E-state index in [1.54, 1.807) is 24.3 Å². The van der Waals surface area contributed by atoms with E-state index in [0.717, 1.165) is 5.69 Å². The SMILES string of the molecule is N[C@@H](Cc1ccc(N(CCCl)CCCl)cc1)C(=O)OCCC(F)(F)C(F)(F)F. The number of alkyl halides is 7. The van der Waals surface area contributed by atoms with Crippen LogP contribution in [0.2, 0.25) is 0 Å². The molecule has 11 heteroatoms. The fourth-order valence-corrected chi connectivity index (χ4v) is 2.69. The quantitative estimate of drug-likeness (QED) is 0.314. The Hall–Kier alpha value is -1.32. The van der Waals surface area contributed by atoms with Crippen LogP contribution < -0.4 is 10.6 Å². The van der Waals surface area contributed by atoms with E-state index in [-0.39, 0.29) is 6.42 Å².